The second-order valence-electron chi connectivity index (χ2n) is 6.73. The summed E-state index contributed by atoms with van der Waals surface area (Å²) in [6.07, 6.45) is 3.80. The van der Waals surface area contributed by atoms with Gasteiger partial charge in [0.2, 0.25) is 0 Å². The largest absolute Gasteiger partial charge is 0.487 e. The van der Waals surface area contributed by atoms with Crippen molar-refractivity contribution in [2.75, 3.05) is 5.32 Å². The summed E-state index contributed by atoms with van der Waals surface area (Å²) in [5.74, 6) is 0.146. The molecule has 1 amide bonds. The summed E-state index contributed by atoms with van der Waals surface area (Å²) in [4.78, 5) is 27.6. The van der Waals surface area contributed by atoms with E-state index in [1.165, 1.54) is 12.1 Å². The topological polar surface area (TPSA) is 98.8 Å². The lowest BCUT2D eigenvalue weighted by Gasteiger charge is -2.10. The molecule has 1 N–H and O–H groups in total. The number of ether oxygens (including phenoxy) is 1. The monoisotopic (exact) mass is 402 g/mol. The molecule has 0 aliphatic rings. The lowest BCUT2D eigenvalue weighted by molar-refractivity contribution is -0.384. The number of nitrogens with one attached hydrogen (secondary N) is 1. The number of benzene rings is 2. The number of amides is 1. The van der Waals surface area contributed by atoms with Gasteiger partial charge in [-0.2, -0.15) is 0 Å². The van der Waals surface area contributed by atoms with E-state index in [9.17, 15) is 14.9 Å². The number of hydrogen-bond donors (Lipinski definition) is 1. The Morgan fingerprint density at radius 3 is 2.83 bits per heavy atom. The third-order valence-electron chi connectivity index (χ3n) is 4.58. The van der Waals surface area contributed by atoms with E-state index in [2.05, 4.69) is 10.3 Å². The molecule has 0 atom stereocenters. The van der Waals surface area contributed by atoms with E-state index in [0.717, 1.165) is 16.9 Å². The molecule has 8 heteroatoms. The van der Waals surface area contributed by atoms with Gasteiger partial charge in [0.05, 0.1) is 16.3 Å². The van der Waals surface area contributed by atoms with Crippen LogP contribution in [0.25, 0.3) is 5.65 Å². The maximum Gasteiger partial charge on any atom is 0.271 e. The number of pyridine rings is 1. The smallest absolute Gasteiger partial charge is 0.271 e. The Morgan fingerprint density at radius 2 is 2.03 bits per heavy atom. The first-order chi connectivity index (χ1) is 14.5. The van der Waals surface area contributed by atoms with Gasteiger partial charge in [-0.15, -0.1) is 0 Å². The highest BCUT2D eigenvalue weighted by atomic mass is 16.6. The number of aromatic nitrogens is 2. The molecule has 4 rings (SSSR count). The van der Waals surface area contributed by atoms with E-state index >= 15 is 0 Å². The Labute approximate surface area is 171 Å². The fourth-order valence-corrected chi connectivity index (χ4v) is 2.99. The highest BCUT2D eigenvalue weighted by Gasteiger charge is 2.13. The molecule has 0 radical (unpaired) electrons. The fourth-order valence-electron chi connectivity index (χ4n) is 2.99. The number of non-ortho nitro benzene ring substituents is 1. The first-order valence-electron chi connectivity index (χ1n) is 9.21. The van der Waals surface area contributed by atoms with Gasteiger partial charge in [0.25, 0.3) is 11.6 Å². The van der Waals surface area contributed by atoms with Crippen molar-refractivity contribution in [1.29, 1.82) is 0 Å². The van der Waals surface area contributed by atoms with Crippen LogP contribution in [0.1, 0.15) is 21.6 Å². The minimum atomic E-state index is -0.497. The van der Waals surface area contributed by atoms with Gasteiger partial charge >= 0.3 is 0 Å². The minimum Gasteiger partial charge on any atom is -0.487 e. The normalized spacial score (nSPS) is 10.7. The zero-order chi connectivity index (χ0) is 21.1. The molecule has 0 saturated heterocycles. The van der Waals surface area contributed by atoms with Gasteiger partial charge in [-0.05, 0) is 42.8 Å². The Kier molecular flexibility index (Phi) is 5.13. The summed E-state index contributed by atoms with van der Waals surface area (Å²) in [7, 11) is 0. The van der Waals surface area contributed by atoms with Crippen LogP contribution in [0.3, 0.4) is 0 Å². The second kappa shape index (κ2) is 8.04. The molecule has 8 nitrogen and oxygen atoms in total. The van der Waals surface area contributed by atoms with Crippen molar-refractivity contribution in [2.24, 2.45) is 0 Å². The van der Waals surface area contributed by atoms with Crippen molar-refractivity contribution < 1.29 is 14.5 Å². The van der Waals surface area contributed by atoms with E-state index in [0.29, 0.717) is 17.0 Å². The molecule has 30 heavy (non-hydrogen) atoms. The van der Waals surface area contributed by atoms with Crippen molar-refractivity contribution in [3.8, 4) is 5.75 Å². The van der Waals surface area contributed by atoms with Crippen molar-refractivity contribution in [3.05, 3.63) is 100.0 Å². The van der Waals surface area contributed by atoms with Crippen LogP contribution < -0.4 is 10.1 Å². The number of imidazole rings is 1. The van der Waals surface area contributed by atoms with Crippen molar-refractivity contribution >= 4 is 22.9 Å². The summed E-state index contributed by atoms with van der Waals surface area (Å²) in [5.41, 5.74) is 3.02. The summed E-state index contributed by atoms with van der Waals surface area (Å²) in [6, 6.07) is 16.8. The maximum atomic E-state index is 12.6. The minimum absolute atomic E-state index is 0.0829. The highest BCUT2D eigenvalue weighted by Crippen LogP contribution is 2.23. The van der Waals surface area contributed by atoms with Crippen molar-refractivity contribution in [3.63, 3.8) is 0 Å². The predicted octanol–water partition coefficient (Wildman–Crippen LogP) is 4.38. The lowest BCUT2D eigenvalue weighted by Crippen LogP contribution is -2.13. The molecular formula is C22H18N4O4. The molecular weight excluding hydrogens is 384 g/mol. The number of carbonyl (C=O) groups is 1. The van der Waals surface area contributed by atoms with Crippen molar-refractivity contribution in [2.45, 2.75) is 13.5 Å². The van der Waals surface area contributed by atoms with Gasteiger partial charge in [-0.1, -0.05) is 18.2 Å². The van der Waals surface area contributed by atoms with Crippen LogP contribution in [0, 0.1) is 17.0 Å². The van der Waals surface area contributed by atoms with Crippen molar-refractivity contribution in [1.82, 2.24) is 9.38 Å². The highest BCUT2D eigenvalue weighted by molar-refractivity contribution is 6.05. The van der Waals surface area contributed by atoms with Crippen LogP contribution in [0.15, 0.2) is 73.1 Å². The van der Waals surface area contributed by atoms with Gasteiger partial charge in [-0.3, -0.25) is 14.9 Å². The number of carbonyl (C=O) groups excluding carboxylic acids is 1. The molecule has 0 fully saturated rings. The van der Waals surface area contributed by atoms with Gasteiger partial charge in [0.1, 0.15) is 18.0 Å². The average molecular weight is 402 g/mol. The summed E-state index contributed by atoms with van der Waals surface area (Å²) < 4.78 is 7.70. The molecule has 0 aliphatic carbocycles. The Hall–Kier alpha value is -4.20. The number of nitro benzene ring substituents is 1. The van der Waals surface area contributed by atoms with Gasteiger partial charge < -0.3 is 14.5 Å². The molecule has 2 heterocycles. The number of nitro groups is 1. The lowest BCUT2D eigenvalue weighted by atomic mass is 10.1. The average Bonchev–Trinajstić information content (AvgIpc) is 3.17. The number of anilines is 1. The van der Waals surface area contributed by atoms with Crippen LogP contribution >= 0.6 is 0 Å². The maximum absolute atomic E-state index is 12.6. The van der Waals surface area contributed by atoms with Gasteiger partial charge in [0.15, 0.2) is 0 Å². The van der Waals surface area contributed by atoms with Crippen LogP contribution in [-0.4, -0.2) is 20.2 Å². The zero-order valence-electron chi connectivity index (χ0n) is 16.1. The number of rotatable bonds is 6. The quantitative estimate of drug-likeness (QED) is 0.381. The third kappa shape index (κ3) is 4.12. The zero-order valence-corrected chi connectivity index (χ0v) is 16.1. The number of nitrogens with zero attached hydrogens (tertiary/aromatic N) is 3. The number of hydrogen-bond acceptors (Lipinski definition) is 5. The Bertz CT molecular complexity index is 1220. The van der Waals surface area contributed by atoms with E-state index in [1.54, 1.807) is 37.3 Å². The van der Waals surface area contributed by atoms with Crippen LogP contribution in [-0.2, 0) is 6.61 Å². The molecule has 0 bridgehead atoms. The van der Waals surface area contributed by atoms with E-state index in [1.807, 2.05) is 35.0 Å². The summed E-state index contributed by atoms with van der Waals surface area (Å²) in [5, 5.41) is 13.7. The fraction of sp³-hybridized carbons (Fsp3) is 0.0909. The van der Waals surface area contributed by atoms with Crippen LogP contribution in [0.2, 0.25) is 0 Å². The Balaban J connectivity index is 1.46. The Morgan fingerprint density at radius 1 is 1.17 bits per heavy atom. The SMILES string of the molecule is Cc1ccc([N+](=O)[O-])cc1NC(=O)c1cccc(OCc2cn3ccccc3n2)c1. The van der Waals surface area contributed by atoms with E-state index in [4.69, 9.17) is 4.74 Å². The molecule has 0 saturated carbocycles. The number of fused-ring (bicyclic) bond motifs is 1. The molecule has 0 aliphatic heterocycles. The van der Waals surface area contributed by atoms with E-state index < -0.39 is 4.92 Å². The molecule has 2 aromatic carbocycles. The summed E-state index contributed by atoms with van der Waals surface area (Å²) in [6.45, 7) is 2.03. The van der Waals surface area contributed by atoms with Gasteiger partial charge in [-0.25, -0.2) is 4.98 Å². The predicted molar refractivity (Wildman–Crippen MR) is 112 cm³/mol. The standard InChI is InChI=1S/C22H18N4O4/c1-15-8-9-18(26(28)29)12-20(15)24-22(27)16-5-4-6-19(11-16)30-14-17-13-25-10-3-2-7-21(25)23-17/h2-13H,14H2,1H3,(H,24,27). The van der Waals surface area contributed by atoms with Crippen LogP contribution in [0.4, 0.5) is 11.4 Å². The molecule has 2 aromatic heterocycles. The molecule has 4 aromatic rings. The molecule has 150 valence electrons. The van der Waals surface area contributed by atoms with Gasteiger partial charge in [0, 0.05) is 30.1 Å². The molecule has 0 unspecified atom stereocenters. The van der Waals surface area contributed by atoms with E-state index in [-0.39, 0.29) is 18.2 Å². The first kappa shape index (κ1) is 19.1. The third-order valence-corrected chi connectivity index (χ3v) is 4.58. The molecule has 0 spiro atoms. The van der Waals surface area contributed by atoms with Crippen LogP contribution in [0.5, 0.6) is 5.75 Å². The first-order valence-corrected chi connectivity index (χ1v) is 9.21. The second-order valence-corrected chi connectivity index (χ2v) is 6.73. The summed E-state index contributed by atoms with van der Waals surface area (Å²) >= 11 is 0. The number of aryl methyl sites for hydroxylation is 1.